The number of carbonyl (C=O) groups is 1. The van der Waals surface area contributed by atoms with Gasteiger partial charge in [-0.3, -0.25) is 9.52 Å². The fourth-order valence-corrected chi connectivity index (χ4v) is 4.35. The molecule has 1 amide bonds. The summed E-state index contributed by atoms with van der Waals surface area (Å²) in [5.41, 5.74) is 0.883. The van der Waals surface area contributed by atoms with Crippen LogP contribution in [-0.4, -0.2) is 54.0 Å². The Morgan fingerprint density at radius 2 is 2.00 bits per heavy atom. The molecule has 1 heterocycles. The van der Waals surface area contributed by atoms with E-state index in [4.69, 9.17) is 6.42 Å². The van der Waals surface area contributed by atoms with Gasteiger partial charge in [0.2, 0.25) is 10.0 Å². The molecular weight excluding hydrogens is 426 g/mol. The molecule has 10 heteroatoms. The molecule has 0 radical (unpaired) electrons. The highest BCUT2D eigenvalue weighted by Gasteiger charge is 2.28. The van der Waals surface area contributed by atoms with Crippen molar-refractivity contribution in [3.05, 3.63) is 47.0 Å². The molecule has 0 aliphatic rings. The highest BCUT2D eigenvalue weighted by molar-refractivity contribution is 7.92. The maximum absolute atomic E-state index is 12.6. The Hall–Kier alpha value is -2.45. The minimum absolute atomic E-state index is 0.0123. The van der Waals surface area contributed by atoms with Crippen LogP contribution in [0.1, 0.15) is 35.3 Å². The normalized spacial score (nSPS) is 14.3. The number of hydrogen-bond donors (Lipinski definition) is 4. The van der Waals surface area contributed by atoms with Crippen LogP contribution in [0.3, 0.4) is 0 Å². The number of sulfonamides is 1. The number of nitrogens with one attached hydrogen (secondary N) is 2. The number of hydrogen-bond acceptors (Lipinski definition) is 7. The second-order valence-electron chi connectivity index (χ2n) is 6.84. The summed E-state index contributed by atoms with van der Waals surface area (Å²) >= 11 is 0.971. The van der Waals surface area contributed by atoms with Crippen molar-refractivity contribution in [1.82, 2.24) is 10.3 Å². The molecule has 1 aromatic heterocycles. The first-order valence-electron chi connectivity index (χ1n) is 9.27. The van der Waals surface area contributed by atoms with Gasteiger partial charge >= 0.3 is 0 Å². The molecule has 1 aromatic carbocycles. The molecule has 0 aliphatic heterocycles. The summed E-state index contributed by atoms with van der Waals surface area (Å²) in [5, 5.41) is 25.2. The number of aromatic nitrogens is 1. The van der Waals surface area contributed by atoms with Crippen molar-refractivity contribution in [2.45, 2.75) is 43.9 Å². The number of terminal acetylenes is 1. The molecule has 0 saturated carbocycles. The Kier molecular flexibility index (Phi) is 8.80. The van der Waals surface area contributed by atoms with Crippen LogP contribution in [0.25, 0.3) is 0 Å². The van der Waals surface area contributed by atoms with E-state index < -0.39 is 34.2 Å². The van der Waals surface area contributed by atoms with Gasteiger partial charge in [0, 0.05) is 11.8 Å². The third-order valence-electron chi connectivity index (χ3n) is 4.25. The van der Waals surface area contributed by atoms with E-state index >= 15 is 0 Å². The second-order valence-corrected chi connectivity index (χ2v) is 9.44. The van der Waals surface area contributed by atoms with Gasteiger partial charge in [-0.25, -0.2) is 13.4 Å². The Labute approximate surface area is 180 Å². The van der Waals surface area contributed by atoms with Gasteiger partial charge in [0.25, 0.3) is 5.91 Å². The summed E-state index contributed by atoms with van der Waals surface area (Å²) < 4.78 is 24.8. The standard InChI is InChI=1S/C20H25N3O5S2/c1-3-4-6-11-17(24)18(25)15(12-14-9-7-5-8-10-14)21-19(26)16-13-29-20(22-16)23-30(2,27)28/h1,5,7-10,13,15,17-18,24-25H,4,6,11-12H2,2H3,(H,21,26)(H,22,23). The fraction of sp³-hybridized carbons (Fsp3) is 0.400. The highest BCUT2D eigenvalue weighted by Crippen LogP contribution is 2.18. The van der Waals surface area contributed by atoms with Gasteiger partial charge in [0.1, 0.15) is 11.8 Å². The number of anilines is 1. The summed E-state index contributed by atoms with van der Waals surface area (Å²) in [6, 6.07) is 8.46. The molecule has 3 unspecified atom stereocenters. The zero-order valence-electron chi connectivity index (χ0n) is 16.5. The van der Waals surface area contributed by atoms with Crippen LogP contribution in [0.2, 0.25) is 0 Å². The molecule has 8 nitrogen and oxygen atoms in total. The predicted octanol–water partition coefficient (Wildman–Crippen LogP) is 1.38. The Morgan fingerprint density at radius 1 is 1.30 bits per heavy atom. The van der Waals surface area contributed by atoms with Crippen molar-refractivity contribution < 1.29 is 23.4 Å². The summed E-state index contributed by atoms with van der Waals surface area (Å²) in [6.07, 6.45) is 5.54. The van der Waals surface area contributed by atoms with Gasteiger partial charge in [-0.1, -0.05) is 30.3 Å². The Bertz CT molecular complexity index is 970. The van der Waals surface area contributed by atoms with E-state index in [1.54, 1.807) is 0 Å². The average Bonchev–Trinajstić information content (AvgIpc) is 3.14. The third-order valence-corrected chi connectivity index (χ3v) is 5.70. The molecule has 30 heavy (non-hydrogen) atoms. The molecule has 3 atom stereocenters. The van der Waals surface area contributed by atoms with Gasteiger partial charge in [0.15, 0.2) is 5.13 Å². The number of rotatable bonds is 11. The molecular formula is C20H25N3O5S2. The lowest BCUT2D eigenvalue weighted by Crippen LogP contribution is -2.49. The van der Waals surface area contributed by atoms with Crippen molar-refractivity contribution in [2.75, 3.05) is 11.0 Å². The van der Waals surface area contributed by atoms with E-state index in [0.29, 0.717) is 25.7 Å². The van der Waals surface area contributed by atoms with E-state index in [2.05, 4.69) is 20.9 Å². The molecule has 2 aromatic rings. The topological polar surface area (TPSA) is 129 Å². The first-order chi connectivity index (χ1) is 14.2. The molecule has 0 aliphatic carbocycles. The van der Waals surface area contributed by atoms with E-state index in [9.17, 15) is 23.4 Å². The number of carbonyl (C=O) groups excluding carboxylic acids is 1. The zero-order chi connectivity index (χ0) is 22.1. The van der Waals surface area contributed by atoms with Gasteiger partial charge in [0.05, 0.1) is 18.4 Å². The van der Waals surface area contributed by atoms with Gasteiger partial charge in [-0.05, 0) is 24.8 Å². The molecule has 2 rings (SSSR count). The number of aliphatic hydroxyl groups excluding tert-OH is 2. The first-order valence-corrected chi connectivity index (χ1v) is 12.0. The number of aliphatic hydroxyl groups is 2. The van der Waals surface area contributed by atoms with E-state index in [1.165, 1.54) is 5.38 Å². The lowest BCUT2D eigenvalue weighted by molar-refractivity contribution is -0.00790. The minimum Gasteiger partial charge on any atom is -0.390 e. The maximum atomic E-state index is 12.6. The van der Waals surface area contributed by atoms with Crippen molar-refractivity contribution in [2.24, 2.45) is 0 Å². The Morgan fingerprint density at radius 3 is 2.63 bits per heavy atom. The number of unbranched alkanes of at least 4 members (excludes halogenated alkanes) is 1. The highest BCUT2D eigenvalue weighted by atomic mass is 32.2. The van der Waals surface area contributed by atoms with Gasteiger partial charge in [-0.2, -0.15) is 0 Å². The van der Waals surface area contributed by atoms with Crippen LogP contribution in [0.15, 0.2) is 35.7 Å². The molecule has 0 bridgehead atoms. The lowest BCUT2D eigenvalue weighted by Gasteiger charge is -2.27. The quantitative estimate of drug-likeness (QED) is 0.302. The van der Waals surface area contributed by atoms with Crippen LogP contribution in [0.5, 0.6) is 0 Å². The molecule has 162 valence electrons. The Balaban J connectivity index is 2.13. The summed E-state index contributed by atoms with van der Waals surface area (Å²) in [4.78, 5) is 16.6. The largest absolute Gasteiger partial charge is 0.390 e. The fourth-order valence-electron chi connectivity index (χ4n) is 2.80. The predicted molar refractivity (Wildman–Crippen MR) is 117 cm³/mol. The van der Waals surface area contributed by atoms with Gasteiger partial charge in [-0.15, -0.1) is 23.7 Å². The summed E-state index contributed by atoms with van der Waals surface area (Å²) in [6.45, 7) is 0. The number of nitrogens with zero attached hydrogens (tertiary/aromatic N) is 1. The lowest BCUT2D eigenvalue weighted by atomic mass is 9.95. The van der Waals surface area contributed by atoms with E-state index in [0.717, 1.165) is 23.2 Å². The average molecular weight is 452 g/mol. The molecule has 0 saturated heterocycles. The van der Waals surface area contributed by atoms with Crippen molar-refractivity contribution >= 4 is 32.4 Å². The second kappa shape index (κ2) is 11.1. The van der Waals surface area contributed by atoms with E-state index in [-0.39, 0.29) is 10.8 Å². The summed E-state index contributed by atoms with van der Waals surface area (Å²) in [5.74, 6) is 1.90. The molecule has 0 fully saturated rings. The van der Waals surface area contributed by atoms with E-state index in [1.807, 2.05) is 30.3 Å². The van der Waals surface area contributed by atoms with Crippen LogP contribution in [0, 0.1) is 12.3 Å². The van der Waals surface area contributed by atoms with Crippen LogP contribution in [-0.2, 0) is 16.4 Å². The number of benzene rings is 1. The minimum atomic E-state index is -3.51. The monoisotopic (exact) mass is 451 g/mol. The molecule has 4 N–H and O–H groups in total. The van der Waals surface area contributed by atoms with Crippen molar-refractivity contribution in [3.8, 4) is 12.3 Å². The third kappa shape index (κ3) is 7.76. The maximum Gasteiger partial charge on any atom is 0.271 e. The number of amides is 1. The first kappa shape index (κ1) is 23.8. The SMILES string of the molecule is C#CCCCC(O)C(O)C(Cc1ccccc1)NC(=O)c1csc(NS(C)(=O)=O)n1. The van der Waals surface area contributed by atoms with Crippen LogP contribution in [0.4, 0.5) is 5.13 Å². The summed E-state index contributed by atoms with van der Waals surface area (Å²) in [7, 11) is -3.51. The van der Waals surface area contributed by atoms with Crippen LogP contribution >= 0.6 is 11.3 Å². The van der Waals surface area contributed by atoms with Crippen molar-refractivity contribution in [1.29, 1.82) is 0 Å². The van der Waals surface area contributed by atoms with Crippen molar-refractivity contribution in [3.63, 3.8) is 0 Å². The molecule has 0 spiro atoms. The number of thiazole rings is 1. The van der Waals surface area contributed by atoms with Gasteiger partial charge < -0.3 is 15.5 Å². The smallest absolute Gasteiger partial charge is 0.271 e. The zero-order valence-corrected chi connectivity index (χ0v) is 18.1. The van der Waals surface area contributed by atoms with Crippen LogP contribution < -0.4 is 10.0 Å².